The third-order valence-electron chi connectivity index (χ3n) is 3.88. The van der Waals surface area contributed by atoms with Crippen LogP contribution in [0.2, 0.25) is 0 Å². The van der Waals surface area contributed by atoms with Crippen LogP contribution in [0, 0.1) is 0 Å². The summed E-state index contributed by atoms with van der Waals surface area (Å²) in [6.07, 6.45) is 1.46. The zero-order valence-electron chi connectivity index (χ0n) is 14.6. The van der Waals surface area contributed by atoms with Gasteiger partial charge in [-0.05, 0) is 40.9 Å². The van der Waals surface area contributed by atoms with Crippen LogP contribution in [0.15, 0.2) is 0 Å². The minimum atomic E-state index is 0.355. The summed E-state index contributed by atoms with van der Waals surface area (Å²) in [5.74, 6) is 0. The van der Waals surface area contributed by atoms with E-state index >= 15 is 0 Å². The molecule has 21 heavy (non-hydrogen) atoms. The van der Waals surface area contributed by atoms with Gasteiger partial charge in [0.1, 0.15) is 0 Å². The molecule has 5 heteroatoms. The first-order valence-electron chi connectivity index (χ1n) is 8.49. The Balaban J connectivity index is 1.91. The average molecular weight is 300 g/mol. The average Bonchev–Trinajstić information content (AvgIpc) is 2.45. The van der Waals surface area contributed by atoms with E-state index in [1.807, 2.05) is 0 Å². The van der Waals surface area contributed by atoms with Crippen molar-refractivity contribution in [3.05, 3.63) is 0 Å². The first-order chi connectivity index (χ1) is 10.1. The van der Waals surface area contributed by atoms with Crippen molar-refractivity contribution in [2.75, 3.05) is 79.6 Å². The maximum Gasteiger partial charge on any atom is 0.0518 e. The highest BCUT2D eigenvalue weighted by Gasteiger charge is 2.15. The van der Waals surface area contributed by atoms with Crippen molar-refractivity contribution in [3.63, 3.8) is 0 Å². The smallest absolute Gasteiger partial charge is 0.0518 e. The Kier molecular flexibility index (Phi) is 10.2. The molecule has 1 heterocycles. The monoisotopic (exact) mass is 300 g/mol. The van der Waals surface area contributed by atoms with Crippen LogP contribution in [-0.2, 0) is 4.74 Å². The highest BCUT2D eigenvalue weighted by atomic mass is 16.5. The SMILES string of the molecule is CC(C)OCCCNCCN1CCN(CCN(C)C)CC1. The molecule has 5 nitrogen and oxygen atoms in total. The molecule has 1 rings (SSSR count). The third kappa shape index (κ3) is 10.2. The topological polar surface area (TPSA) is 31.0 Å². The van der Waals surface area contributed by atoms with Crippen molar-refractivity contribution in [2.24, 2.45) is 0 Å². The first-order valence-corrected chi connectivity index (χ1v) is 8.49. The van der Waals surface area contributed by atoms with Crippen molar-refractivity contribution in [1.29, 1.82) is 0 Å². The lowest BCUT2D eigenvalue weighted by atomic mass is 10.3. The van der Waals surface area contributed by atoms with Gasteiger partial charge in [-0.15, -0.1) is 0 Å². The molecule has 0 aliphatic carbocycles. The molecule has 1 aliphatic heterocycles. The lowest BCUT2D eigenvalue weighted by molar-refractivity contribution is 0.0768. The second-order valence-corrected chi connectivity index (χ2v) is 6.51. The van der Waals surface area contributed by atoms with Crippen LogP contribution in [0.5, 0.6) is 0 Å². The fourth-order valence-corrected chi connectivity index (χ4v) is 2.46. The number of hydrogen-bond acceptors (Lipinski definition) is 5. The fourth-order valence-electron chi connectivity index (χ4n) is 2.46. The summed E-state index contributed by atoms with van der Waals surface area (Å²) in [6, 6.07) is 0. The summed E-state index contributed by atoms with van der Waals surface area (Å²) >= 11 is 0. The summed E-state index contributed by atoms with van der Waals surface area (Å²) in [4.78, 5) is 7.41. The van der Waals surface area contributed by atoms with Gasteiger partial charge in [-0.1, -0.05) is 0 Å². The van der Waals surface area contributed by atoms with Gasteiger partial charge < -0.3 is 15.0 Å². The quantitative estimate of drug-likeness (QED) is 0.564. The Morgan fingerprint density at radius 1 is 1.00 bits per heavy atom. The van der Waals surface area contributed by atoms with Crippen LogP contribution in [0.3, 0.4) is 0 Å². The minimum absolute atomic E-state index is 0.355. The van der Waals surface area contributed by atoms with Gasteiger partial charge >= 0.3 is 0 Å². The maximum atomic E-state index is 5.53. The molecule has 0 atom stereocenters. The molecule has 0 aromatic rings. The van der Waals surface area contributed by atoms with Crippen LogP contribution in [0.4, 0.5) is 0 Å². The number of nitrogens with zero attached hydrogens (tertiary/aromatic N) is 3. The Bertz CT molecular complexity index is 240. The Morgan fingerprint density at radius 3 is 2.19 bits per heavy atom. The van der Waals surface area contributed by atoms with Crippen molar-refractivity contribution < 1.29 is 4.74 Å². The Hall–Kier alpha value is -0.200. The molecule has 1 N–H and O–H groups in total. The van der Waals surface area contributed by atoms with E-state index < -0.39 is 0 Å². The molecule has 126 valence electrons. The van der Waals surface area contributed by atoms with E-state index in [0.29, 0.717) is 6.10 Å². The summed E-state index contributed by atoms with van der Waals surface area (Å²) < 4.78 is 5.53. The molecule has 0 bridgehead atoms. The Morgan fingerprint density at radius 2 is 1.62 bits per heavy atom. The molecule has 0 spiro atoms. The number of piperazine rings is 1. The van der Waals surface area contributed by atoms with Crippen LogP contribution in [0.1, 0.15) is 20.3 Å². The van der Waals surface area contributed by atoms with Gasteiger partial charge in [0.15, 0.2) is 0 Å². The molecule has 1 fully saturated rings. The highest BCUT2D eigenvalue weighted by molar-refractivity contribution is 4.72. The van der Waals surface area contributed by atoms with Gasteiger partial charge in [-0.25, -0.2) is 0 Å². The number of ether oxygens (including phenoxy) is 1. The van der Waals surface area contributed by atoms with Crippen molar-refractivity contribution >= 4 is 0 Å². The summed E-state index contributed by atoms with van der Waals surface area (Å²) in [5.41, 5.74) is 0. The number of hydrogen-bond donors (Lipinski definition) is 1. The van der Waals surface area contributed by atoms with E-state index in [-0.39, 0.29) is 0 Å². The van der Waals surface area contributed by atoms with E-state index in [0.717, 1.165) is 26.1 Å². The number of nitrogens with one attached hydrogen (secondary N) is 1. The lowest BCUT2D eigenvalue weighted by Crippen LogP contribution is -2.49. The molecule has 0 aromatic heterocycles. The van der Waals surface area contributed by atoms with Gasteiger partial charge in [0, 0.05) is 59.0 Å². The number of rotatable bonds is 11. The second-order valence-electron chi connectivity index (χ2n) is 6.51. The molecule has 1 saturated heterocycles. The van der Waals surface area contributed by atoms with Gasteiger partial charge in [-0.3, -0.25) is 9.80 Å². The van der Waals surface area contributed by atoms with Gasteiger partial charge in [0.05, 0.1) is 6.10 Å². The van der Waals surface area contributed by atoms with E-state index in [1.54, 1.807) is 0 Å². The zero-order valence-corrected chi connectivity index (χ0v) is 14.6. The molecular weight excluding hydrogens is 264 g/mol. The molecular formula is C16H36N4O. The first kappa shape index (κ1) is 18.8. The summed E-state index contributed by atoms with van der Waals surface area (Å²) in [6.45, 7) is 15.6. The molecule has 0 radical (unpaired) electrons. The molecule has 0 saturated carbocycles. The second kappa shape index (κ2) is 11.4. The van der Waals surface area contributed by atoms with Crippen molar-refractivity contribution in [2.45, 2.75) is 26.4 Å². The van der Waals surface area contributed by atoms with E-state index in [2.05, 4.69) is 48.0 Å². The molecule has 0 unspecified atom stereocenters. The van der Waals surface area contributed by atoms with E-state index in [9.17, 15) is 0 Å². The minimum Gasteiger partial charge on any atom is -0.379 e. The predicted octanol–water partition coefficient (Wildman–Crippen LogP) is 0.570. The van der Waals surface area contributed by atoms with Crippen molar-refractivity contribution in [1.82, 2.24) is 20.0 Å². The van der Waals surface area contributed by atoms with Gasteiger partial charge in [0.25, 0.3) is 0 Å². The fraction of sp³-hybridized carbons (Fsp3) is 1.00. The molecule has 0 aromatic carbocycles. The van der Waals surface area contributed by atoms with Crippen LogP contribution in [0.25, 0.3) is 0 Å². The Labute approximate surface area is 131 Å². The van der Waals surface area contributed by atoms with Crippen molar-refractivity contribution in [3.8, 4) is 0 Å². The predicted molar refractivity (Wildman–Crippen MR) is 90.0 cm³/mol. The normalized spacial score (nSPS) is 18.0. The lowest BCUT2D eigenvalue weighted by Gasteiger charge is -2.35. The maximum absolute atomic E-state index is 5.53. The molecule has 0 amide bonds. The largest absolute Gasteiger partial charge is 0.379 e. The van der Waals surface area contributed by atoms with Gasteiger partial charge in [0.2, 0.25) is 0 Å². The van der Waals surface area contributed by atoms with E-state index in [4.69, 9.17) is 4.74 Å². The number of likely N-dealkylation sites (N-methyl/N-ethyl adjacent to an activating group) is 1. The third-order valence-corrected chi connectivity index (χ3v) is 3.88. The zero-order chi connectivity index (χ0) is 15.5. The highest BCUT2D eigenvalue weighted by Crippen LogP contribution is 2.00. The molecule has 1 aliphatic rings. The van der Waals surface area contributed by atoms with Gasteiger partial charge in [-0.2, -0.15) is 0 Å². The summed E-state index contributed by atoms with van der Waals surface area (Å²) in [5, 5.41) is 3.52. The van der Waals surface area contributed by atoms with Crippen LogP contribution < -0.4 is 5.32 Å². The van der Waals surface area contributed by atoms with Crippen LogP contribution >= 0.6 is 0 Å². The van der Waals surface area contributed by atoms with Crippen LogP contribution in [-0.4, -0.2) is 100 Å². The standard InChI is InChI=1S/C16H36N4O/c1-16(2)21-15-5-6-17-7-8-19-11-13-20(14-12-19)10-9-18(3)4/h16-17H,5-15H2,1-4H3. The summed E-state index contributed by atoms with van der Waals surface area (Å²) in [7, 11) is 4.29. The van der Waals surface area contributed by atoms with E-state index in [1.165, 1.54) is 45.8 Å².